The summed E-state index contributed by atoms with van der Waals surface area (Å²) in [5.74, 6) is 0. The molecular formula is H5NO6S3. The fourth-order valence-corrected chi connectivity index (χ4v) is 2.93. The molecular weight excluding hydrogens is 206 g/mol. The van der Waals surface area contributed by atoms with Gasteiger partial charge in [0, 0.05) is 0 Å². The molecule has 0 radical (unpaired) electrons. The lowest BCUT2D eigenvalue weighted by Gasteiger charge is -1.87. The highest BCUT2D eigenvalue weighted by atomic mass is 33.5. The Balaban J connectivity index is 0. The standard InChI is InChI=1S/H3N.H2O6S3/c;1-8(2,3)7-9(4,5)6/h1H3;(H,1,2,3)(H,4,5,6). The molecule has 0 fully saturated rings. The first-order valence-corrected chi connectivity index (χ1v) is 6.10. The van der Waals surface area contributed by atoms with Crippen molar-refractivity contribution >= 4 is 28.1 Å². The normalized spacial score (nSPS) is 12.2. The third-order valence-corrected chi connectivity index (χ3v) is 4.64. The lowest BCUT2D eigenvalue weighted by atomic mass is 14.0. The Kier molecular flexibility index (Phi) is 4.47. The molecule has 0 aromatic heterocycles. The van der Waals surface area contributed by atoms with Crippen LogP contribution in [0.4, 0.5) is 0 Å². The van der Waals surface area contributed by atoms with E-state index >= 15 is 0 Å². The van der Waals surface area contributed by atoms with Crippen LogP contribution in [-0.2, 0) is 18.3 Å². The summed E-state index contributed by atoms with van der Waals surface area (Å²) in [5.41, 5.74) is 0. The highest BCUT2D eigenvalue weighted by Gasteiger charge is 2.17. The van der Waals surface area contributed by atoms with Gasteiger partial charge in [0.15, 0.2) is 9.83 Å². The average molecular weight is 211 g/mol. The van der Waals surface area contributed by atoms with Crippen LogP contribution in [0.5, 0.6) is 0 Å². The van der Waals surface area contributed by atoms with Gasteiger partial charge in [-0.15, -0.1) is 0 Å². The van der Waals surface area contributed by atoms with E-state index in [1.54, 1.807) is 0 Å². The summed E-state index contributed by atoms with van der Waals surface area (Å²) in [4.78, 5) is 0. The summed E-state index contributed by atoms with van der Waals surface area (Å²) in [7, 11) is -10.3. The molecule has 0 heterocycles. The molecule has 0 aliphatic heterocycles. The van der Waals surface area contributed by atoms with Gasteiger partial charge >= 0.3 is 18.3 Å². The zero-order chi connectivity index (χ0) is 7.71. The van der Waals surface area contributed by atoms with Crippen molar-refractivity contribution in [2.24, 2.45) is 0 Å². The van der Waals surface area contributed by atoms with E-state index < -0.39 is 28.1 Å². The predicted molar refractivity (Wildman–Crippen MR) is 35.7 cm³/mol. The van der Waals surface area contributed by atoms with Gasteiger partial charge in [-0.2, -0.15) is 16.8 Å². The van der Waals surface area contributed by atoms with Crippen LogP contribution >= 0.6 is 9.83 Å². The predicted octanol–water partition coefficient (Wildman–Crippen LogP) is -0.513. The van der Waals surface area contributed by atoms with Crippen LogP contribution < -0.4 is 6.15 Å². The number of rotatable bonds is 2. The molecule has 0 aliphatic rings. The van der Waals surface area contributed by atoms with E-state index in [0.29, 0.717) is 0 Å². The molecule has 0 amide bonds. The zero-order valence-electron chi connectivity index (χ0n) is 4.46. The first-order valence-electron chi connectivity index (χ1n) is 1.37. The number of hydrogen-bond donors (Lipinski definition) is 3. The van der Waals surface area contributed by atoms with Crippen molar-refractivity contribution in [3.63, 3.8) is 0 Å². The molecule has 0 aromatic rings. The van der Waals surface area contributed by atoms with Gasteiger partial charge < -0.3 is 6.15 Å². The first-order chi connectivity index (χ1) is 3.71. The highest BCUT2D eigenvalue weighted by molar-refractivity contribution is 9.02. The SMILES string of the molecule is N.O=S(=O)(O)SS(=O)(=O)O. The third-order valence-electron chi connectivity index (χ3n) is 0.172. The minimum Gasteiger partial charge on any atom is -0.344 e. The van der Waals surface area contributed by atoms with Gasteiger partial charge in [0.25, 0.3) is 0 Å². The third kappa shape index (κ3) is 11.0. The smallest absolute Gasteiger partial charge is 0.336 e. The minimum atomic E-state index is -4.70. The number of hydrogen-bond acceptors (Lipinski definition) is 6. The maximum absolute atomic E-state index is 9.63. The Morgan fingerprint density at radius 3 is 1.10 bits per heavy atom. The monoisotopic (exact) mass is 211 g/mol. The van der Waals surface area contributed by atoms with Gasteiger partial charge in [0.05, 0.1) is 0 Å². The van der Waals surface area contributed by atoms with E-state index in [1.807, 2.05) is 0 Å². The van der Waals surface area contributed by atoms with Crippen LogP contribution in [0.15, 0.2) is 0 Å². The Hall–Kier alpha value is 0.130. The molecule has 0 rings (SSSR count). The fourth-order valence-electron chi connectivity index (χ4n) is 0.109. The van der Waals surface area contributed by atoms with Gasteiger partial charge in [0.1, 0.15) is 0 Å². The average Bonchev–Trinajstić information content (AvgIpc) is 1.14. The van der Waals surface area contributed by atoms with Crippen molar-refractivity contribution in [2.45, 2.75) is 0 Å². The molecule has 0 saturated heterocycles. The van der Waals surface area contributed by atoms with Crippen molar-refractivity contribution in [3.8, 4) is 0 Å². The van der Waals surface area contributed by atoms with E-state index in [-0.39, 0.29) is 6.15 Å². The fraction of sp³-hybridized carbons (Fsp3) is 0. The van der Waals surface area contributed by atoms with Crippen LogP contribution in [0.1, 0.15) is 0 Å². The molecule has 0 unspecified atom stereocenters. The molecule has 5 N–H and O–H groups in total. The van der Waals surface area contributed by atoms with Gasteiger partial charge in [-0.05, 0) is 0 Å². The summed E-state index contributed by atoms with van der Waals surface area (Å²) in [6.07, 6.45) is 0. The minimum absolute atomic E-state index is 0. The van der Waals surface area contributed by atoms with E-state index in [0.717, 1.165) is 0 Å². The Morgan fingerprint density at radius 1 is 0.900 bits per heavy atom. The summed E-state index contributed by atoms with van der Waals surface area (Å²) in [6, 6.07) is 0. The lowest BCUT2D eigenvalue weighted by Crippen LogP contribution is -1.97. The van der Waals surface area contributed by atoms with Gasteiger partial charge in [-0.3, -0.25) is 9.11 Å². The van der Waals surface area contributed by atoms with Gasteiger partial charge in [-0.1, -0.05) is 0 Å². The van der Waals surface area contributed by atoms with E-state index in [9.17, 15) is 16.8 Å². The zero-order valence-corrected chi connectivity index (χ0v) is 6.91. The molecule has 0 saturated carbocycles. The van der Waals surface area contributed by atoms with Crippen LogP contribution in [-0.4, -0.2) is 25.9 Å². The van der Waals surface area contributed by atoms with Crippen molar-refractivity contribution in [3.05, 3.63) is 0 Å². The molecule has 0 atom stereocenters. The van der Waals surface area contributed by atoms with E-state index in [1.165, 1.54) is 0 Å². The van der Waals surface area contributed by atoms with E-state index in [4.69, 9.17) is 9.11 Å². The molecule has 0 bridgehead atoms. The second-order valence-electron chi connectivity index (χ2n) is 0.924. The van der Waals surface area contributed by atoms with Crippen molar-refractivity contribution in [2.75, 3.05) is 0 Å². The summed E-state index contributed by atoms with van der Waals surface area (Å²) in [6.45, 7) is 0. The topological polar surface area (TPSA) is 144 Å². The maximum atomic E-state index is 9.63. The summed E-state index contributed by atoms with van der Waals surface area (Å²) < 4.78 is 54.0. The Morgan fingerprint density at radius 2 is 1.10 bits per heavy atom. The second-order valence-corrected chi connectivity index (χ2v) is 6.93. The molecule has 7 nitrogen and oxygen atoms in total. The van der Waals surface area contributed by atoms with Crippen LogP contribution in [0, 0.1) is 0 Å². The molecule has 10 heteroatoms. The molecule has 64 valence electrons. The van der Waals surface area contributed by atoms with Crippen LogP contribution in [0.25, 0.3) is 0 Å². The van der Waals surface area contributed by atoms with Crippen molar-refractivity contribution < 1.29 is 25.9 Å². The lowest BCUT2D eigenvalue weighted by molar-refractivity contribution is 0.500. The Bertz CT molecular complexity index is 238. The van der Waals surface area contributed by atoms with Gasteiger partial charge in [-0.25, -0.2) is 0 Å². The maximum Gasteiger partial charge on any atom is 0.336 e. The van der Waals surface area contributed by atoms with E-state index in [2.05, 4.69) is 0 Å². The Labute approximate surface area is 60.7 Å². The highest BCUT2D eigenvalue weighted by Crippen LogP contribution is 2.15. The second kappa shape index (κ2) is 3.50. The molecule has 0 aliphatic carbocycles. The molecule has 0 aromatic carbocycles. The van der Waals surface area contributed by atoms with Crippen molar-refractivity contribution in [1.82, 2.24) is 6.15 Å². The first kappa shape index (κ1) is 12.8. The molecule has 0 spiro atoms. The van der Waals surface area contributed by atoms with Gasteiger partial charge in [0.2, 0.25) is 0 Å². The summed E-state index contributed by atoms with van der Waals surface area (Å²) in [5, 5.41) is 0. The molecule has 10 heavy (non-hydrogen) atoms. The van der Waals surface area contributed by atoms with Crippen molar-refractivity contribution in [1.29, 1.82) is 0 Å². The van der Waals surface area contributed by atoms with Crippen LogP contribution in [0.3, 0.4) is 0 Å². The largest absolute Gasteiger partial charge is 0.344 e. The summed E-state index contributed by atoms with van der Waals surface area (Å²) >= 11 is 0. The van der Waals surface area contributed by atoms with Crippen LogP contribution in [0.2, 0.25) is 0 Å². The quantitative estimate of drug-likeness (QED) is 0.409.